The number of piperidine rings is 1. The van der Waals surface area contributed by atoms with Crippen LogP contribution in [0.15, 0.2) is 18.2 Å². The third kappa shape index (κ3) is 3.85. The van der Waals surface area contributed by atoms with Crippen LogP contribution >= 0.6 is 11.6 Å². The number of likely N-dealkylation sites (tertiary alicyclic amines) is 1. The molecule has 1 aliphatic rings. The Morgan fingerprint density at radius 3 is 2.79 bits per heavy atom. The molecule has 0 aromatic heterocycles. The van der Waals surface area contributed by atoms with E-state index in [4.69, 9.17) is 11.6 Å². The number of benzene rings is 1. The summed E-state index contributed by atoms with van der Waals surface area (Å²) in [5.74, 6) is 0.211. The van der Waals surface area contributed by atoms with Crippen LogP contribution in [0.1, 0.15) is 24.8 Å². The van der Waals surface area contributed by atoms with Crippen LogP contribution in [0.2, 0.25) is 5.02 Å². The largest absolute Gasteiger partial charge is 0.506 e. The standard InChI is InChI=1S/C14H19ClN2O2/c15-12-6-4-5-11(14(12)19)9-16-10-13(18)17-7-2-1-3-8-17/h4-6,16,19H,1-3,7-10H2. The Hall–Kier alpha value is -1.26. The fourth-order valence-electron chi connectivity index (χ4n) is 2.26. The van der Waals surface area contributed by atoms with E-state index in [0.29, 0.717) is 23.7 Å². The zero-order valence-electron chi connectivity index (χ0n) is 10.9. The molecule has 4 nitrogen and oxygen atoms in total. The molecule has 1 aromatic carbocycles. The van der Waals surface area contributed by atoms with E-state index in [1.807, 2.05) is 4.90 Å². The zero-order chi connectivity index (χ0) is 13.7. The molecule has 0 spiro atoms. The lowest BCUT2D eigenvalue weighted by atomic mass is 10.1. The van der Waals surface area contributed by atoms with Crippen LogP contribution < -0.4 is 5.32 Å². The molecule has 0 saturated carbocycles. The van der Waals surface area contributed by atoms with E-state index in [0.717, 1.165) is 25.9 Å². The van der Waals surface area contributed by atoms with Gasteiger partial charge in [0.15, 0.2) is 0 Å². The van der Waals surface area contributed by atoms with Crippen molar-refractivity contribution in [3.05, 3.63) is 28.8 Å². The van der Waals surface area contributed by atoms with Crippen LogP contribution in [0, 0.1) is 0 Å². The monoisotopic (exact) mass is 282 g/mol. The molecule has 1 saturated heterocycles. The SMILES string of the molecule is O=C(CNCc1cccc(Cl)c1O)N1CCCCC1. The number of hydrogen-bond donors (Lipinski definition) is 2. The Labute approximate surface area is 118 Å². The first-order valence-corrected chi connectivity index (χ1v) is 7.01. The van der Waals surface area contributed by atoms with Crippen molar-refractivity contribution < 1.29 is 9.90 Å². The van der Waals surface area contributed by atoms with Gasteiger partial charge in [-0.05, 0) is 25.3 Å². The number of hydrogen-bond acceptors (Lipinski definition) is 3. The Balaban J connectivity index is 1.79. The molecule has 19 heavy (non-hydrogen) atoms. The summed E-state index contributed by atoms with van der Waals surface area (Å²) in [6, 6.07) is 5.21. The average molecular weight is 283 g/mol. The van der Waals surface area contributed by atoms with Crippen LogP contribution in [-0.4, -0.2) is 35.5 Å². The quantitative estimate of drug-likeness (QED) is 0.890. The molecule has 1 heterocycles. The van der Waals surface area contributed by atoms with E-state index in [1.165, 1.54) is 6.42 Å². The van der Waals surface area contributed by atoms with E-state index >= 15 is 0 Å². The van der Waals surface area contributed by atoms with Crippen molar-refractivity contribution >= 4 is 17.5 Å². The number of aromatic hydroxyl groups is 1. The second-order valence-electron chi connectivity index (χ2n) is 4.79. The lowest BCUT2D eigenvalue weighted by Crippen LogP contribution is -2.40. The number of halogens is 1. The number of rotatable bonds is 4. The third-order valence-corrected chi connectivity index (χ3v) is 3.68. The van der Waals surface area contributed by atoms with Crippen LogP contribution in [-0.2, 0) is 11.3 Å². The lowest BCUT2D eigenvalue weighted by molar-refractivity contribution is -0.131. The number of para-hydroxylation sites is 1. The van der Waals surface area contributed by atoms with Gasteiger partial charge in [-0.2, -0.15) is 0 Å². The molecule has 2 rings (SSSR count). The summed E-state index contributed by atoms with van der Waals surface area (Å²) in [4.78, 5) is 13.8. The van der Waals surface area contributed by atoms with Crippen molar-refractivity contribution in [2.45, 2.75) is 25.8 Å². The van der Waals surface area contributed by atoms with E-state index in [2.05, 4.69) is 5.32 Å². The fraction of sp³-hybridized carbons (Fsp3) is 0.500. The highest BCUT2D eigenvalue weighted by molar-refractivity contribution is 6.32. The normalized spacial score (nSPS) is 15.5. The predicted molar refractivity (Wildman–Crippen MR) is 75.3 cm³/mol. The van der Waals surface area contributed by atoms with Crippen molar-refractivity contribution in [1.82, 2.24) is 10.2 Å². The van der Waals surface area contributed by atoms with Crippen molar-refractivity contribution in [3.63, 3.8) is 0 Å². The maximum atomic E-state index is 11.9. The molecule has 1 aromatic rings. The molecule has 0 aliphatic carbocycles. The first-order chi connectivity index (χ1) is 9.18. The Kier molecular flexibility index (Phi) is 5.05. The summed E-state index contributed by atoms with van der Waals surface area (Å²) in [7, 11) is 0. The van der Waals surface area contributed by atoms with Crippen molar-refractivity contribution in [1.29, 1.82) is 0 Å². The zero-order valence-corrected chi connectivity index (χ0v) is 11.6. The molecule has 5 heteroatoms. The molecule has 0 bridgehead atoms. The second-order valence-corrected chi connectivity index (χ2v) is 5.20. The van der Waals surface area contributed by atoms with Crippen LogP contribution in [0.25, 0.3) is 0 Å². The molecule has 1 amide bonds. The van der Waals surface area contributed by atoms with Gasteiger partial charge in [0.25, 0.3) is 0 Å². The summed E-state index contributed by atoms with van der Waals surface area (Å²) in [5, 5.41) is 13.1. The molecule has 0 atom stereocenters. The van der Waals surface area contributed by atoms with Crippen molar-refractivity contribution in [3.8, 4) is 5.75 Å². The second kappa shape index (κ2) is 6.78. The maximum absolute atomic E-state index is 11.9. The highest BCUT2D eigenvalue weighted by Crippen LogP contribution is 2.26. The average Bonchev–Trinajstić information content (AvgIpc) is 2.44. The van der Waals surface area contributed by atoms with Crippen molar-refractivity contribution in [2.75, 3.05) is 19.6 Å². The molecular formula is C14H19ClN2O2. The molecule has 0 radical (unpaired) electrons. The Morgan fingerprint density at radius 1 is 1.32 bits per heavy atom. The van der Waals surface area contributed by atoms with Gasteiger partial charge in [0.2, 0.25) is 5.91 Å². The number of phenolic OH excluding ortho intramolecular Hbond substituents is 1. The van der Waals surface area contributed by atoms with Crippen LogP contribution in [0.3, 0.4) is 0 Å². The fourth-order valence-corrected chi connectivity index (χ4v) is 2.46. The molecule has 2 N–H and O–H groups in total. The molecule has 1 fully saturated rings. The van der Waals surface area contributed by atoms with Gasteiger partial charge in [-0.3, -0.25) is 4.79 Å². The smallest absolute Gasteiger partial charge is 0.236 e. The lowest BCUT2D eigenvalue weighted by Gasteiger charge is -2.26. The van der Waals surface area contributed by atoms with Gasteiger partial charge >= 0.3 is 0 Å². The minimum Gasteiger partial charge on any atom is -0.506 e. The minimum atomic E-state index is 0.0853. The Morgan fingerprint density at radius 2 is 2.05 bits per heavy atom. The number of phenols is 1. The van der Waals surface area contributed by atoms with Gasteiger partial charge in [-0.15, -0.1) is 0 Å². The first-order valence-electron chi connectivity index (χ1n) is 6.63. The van der Waals surface area contributed by atoms with Crippen LogP contribution in [0.4, 0.5) is 0 Å². The molecule has 0 unspecified atom stereocenters. The van der Waals surface area contributed by atoms with E-state index < -0.39 is 0 Å². The summed E-state index contributed by atoms with van der Waals surface area (Å²) in [6.45, 7) is 2.46. The van der Waals surface area contributed by atoms with E-state index in [9.17, 15) is 9.90 Å². The third-order valence-electron chi connectivity index (χ3n) is 3.37. The van der Waals surface area contributed by atoms with Gasteiger partial charge in [-0.25, -0.2) is 0 Å². The minimum absolute atomic E-state index is 0.0853. The highest BCUT2D eigenvalue weighted by atomic mass is 35.5. The van der Waals surface area contributed by atoms with E-state index in [-0.39, 0.29) is 11.7 Å². The number of nitrogens with zero attached hydrogens (tertiary/aromatic N) is 1. The molecular weight excluding hydrogens is 264 g/mol. The van der Waals surface area contributed by atoms with Crippen molar-refractivity contribution in [2.24, 2.45) is 0 Å². The van der Waals surface area contributed by atoms with Gasteiger partial charge in [0.1, 0.15) is 5.75 Å². The highest BCUT2D eigenvalue weighted by Gasteiger charge is 2.15. The van der Waals surface area contributed by atoms with Gasteiger partial charge in [-0.1, -0.05) is 23.7 Å². The van der Waals surface area contributed by atoms with Crippen LogP contribution in [0.5, 0.6) is 5.75 Å². The number of nitrogens with one attached hydrogen (secondary N) is 1. The van der Waals surface area contributed by atoms with E-state index in [1.54, 1.807) is 18.2 Å². The van der Waals surface area contributed by atoms with Gasteiger partial charge in [0.05, 0.1) is 11.6 Å². The number of amides is 1. The summed E-state index contributed by atoms with van der Waals surface area (Å²) in [5.41, 5.74) is 0.707. The summed E-state index contributed by atoms with van der Waals surface area (Å²) >= 11 is 5.82. The summed E-state index contributed by atoms with van der Waals surface area (Å²) in [6.07, 6.45) is 3.41. The molecule has 1 aliphatic heterocycles. The predicted octanol–water partition coefficient (Wildman–Crippen LogP) is 2.15. The maximum Gasteiger partial charge on any atom is 0.236 e. The first kappa shape index (κ1) is 14.2. The number of carbonyl (C=O) groups is 1. The summed E-state index contributed by atoms with van der Waals surface area (Å²) < 4.78 is 0. The van der Waals surface area contributed by atoms with Gasteiger partial charge < -0.3 is 15.3 Å². The Bertz CT molecular complexity index is 445. The number of carbonyl (C=O) groups excluding carboxylic acids is 1. The molecule has 104 valence electrons. The topological polar surface area (TPSA) is 52.6 Å². The van der Waals surface area contributed by atoms with Gasteiger partial charge in [0, 0.05) is 25.2 Å².